The predicted octanol–water partition coefficient (Wildman–Crippen LogP) is 4.18. The van der Waals surface area contributed by atoms with Gasteiger partial charge in [0.15, 0.2) is 0 Å². The minimum atomic E-state index is -4.42. The average molecular weight is 420 g/mol. The zero-order chi connectivity index (χ0) is 21.3. The van der Waals surface area contributed by atoms with Gasteiger partial charge in [0.25, 0.3) is 0 Å². The van der Waals surface area contributed by atoms with Crippen molar-refractivity contribution < 1.29 is 27.4 Å². The lowest BCUT2D eigenvalue weighted by molar-refractivity contribution is -0.137. The van der Waals surface area contributed by atoms with Crippen LogP contribution in [0.25, 0.3) is 0 Å². The largest absolute Gasteiger partial charge is 0.497 e. The lowest BCUT2D eigenvalue weighted by Gasteiger charge is -2.39. The van der Waals surface area contributed by atoms with E-state index in [2.05, 4.69) is 5.32 Å². The molecule has 8 heteroatoms. The summed E-state index contributed by atoms with van der Waals surface area (Å²) in [5.74, 6) is 1.38. The van der Waals surface area contributed by atoms with Crippen LogP contribution in [0.1, 0.15) is 30.0 Å². The van der Waals surface area contributed by atoms with E-state index in [0.717, 1.165) is 30.7 Å². The first-order valence-corrected chi connectivity index (χ1v) is 9.89. The van der Waals surface area contributed by atoms with E-state index in [0.29, 0.717) is 30.2 Å². The van der Waals surface area contributed by atoms with Crippen molar-refractivity contribution in [3.05, 3.63) is 53.6 Å². The predicted molar refractivity (Wildman–Crippen MR) is 106 cm³/mol. The minimum absolute atomic E-state index is 0.0322. The van der Waals surface area contributed by atoms with E-state index >= 15 is 0 Å². The number of halogens is 3. The van der Waals surface area contributed by atoms with E-state index in [1.807, 2.05) is 4.90 Å². The maximum absolute atomic E-state index is 13.2. The van der Waals surface area contributed by atoms with Crippen LogP contribution in [0.15, 0.2) is 42.5 Å². The molecule has 0 spiro atoms. The highest BCUT2D eigenvalue weighted by atomic mass is 19.4. The molecule has 1 aliphatic heterocycles. The highest BCUT2D eigenvalue weighted by Gasteiger charge is 2.34. The maximum atomic E-state index is 13.2. The summed E-state index contributed by atoms with van der Waals surface area (Å²) in [7, 11) is 1.55. The first kappa shape index (κ1) is 20.4. The van der Waals surface area contributed by atoms with Gasteiger partial charge in [-0.3, -0.25) is 4.79 Å². The number of anilines is 1. The van der Waals surface area contributed by atoms with Crippen LogP contribution >= 0.6 is 0 Å². The van der Waals surface area contributed by atoms with E-state index in [9.17, 15) is 18.0 Å². The zero-order valence-electron chi connectivity index (χ0n) is 16.5. The van der Waals surface area contributed by atoms with Crippen molar-refractivity contribution in [2.45, 2.75) is 25.1 Å². The molecule has 2 aromatic rings. The molecule has 1 heterocycles. The van der Waals surface area contributed by atoms with Crippen molar-refractivity contribution in [1.82, 2.24) is 5.32 Å². The molecule has 0 bridgehead atoms. The topological polar surface area (TPSA) is 50.8 Å². The molecule has 0 aromatic heterocycles. The Labute approximate surface area is 172 Å². The third kappa shape index (κ3) is 4.32. The number of alkyl halides is 3. The Balaban J connectivity index is 1.63. The monoisotopic (exact) mass is 420 g/mol. The van der Waals surface area contributed by atoms with Gasteiger partial charge in [0.2, 0.25) is 5.91 Å². The summed E-state index contributed by atoms with van der Waals surface area (Å²) in [6, 6.07) is 10.2. The SMILES string of the molecule is COc1ccc2c(c1)N(CCNC(=O)C1CC1)C(c1cccc(C(F)(F)F)c1)CO2. The summed E-state index contributed by atoms with van der Waals surface area (Å²) in [6.07, 6.45) is -2.59. The lowest BCUT2D eigenvalue weighted by Crippen LogP contribution is -2.42. The van der Waals surface area contributed by atoms with Crippen LogP contribution in [-0.4, -0.2) is 32.7 Å². The number of carbonyl (C=O) groups is 1. The minimum Gasteiger partial charge on any atom is -0.497 e. The summed E-state index contributed by atoms with van der Waals surface area (Å²) in [5.41, 5.74) is 0.536. The number of rotatable bonds is 6. The Morgan fingerprint density at radius 3 is 2.73 bits per heavy atom. The smallest absolute Gasteiger partial charge is 0.416 e. The molecule has 4 rings (SSSR count). The van der Waals surface area contributed by atoms with Gasteiger partial charge in [-0.05, 0) is 42.7 Å². The molecular formula is C22H23F3N2O3. The third-order valence-electron chi connectivity index (χ3n) is 5.45. The van der Waals surface area contributed by atoms with E-state index in [1.54, 1.807) is 31.4 Å². The Kier molecular flexibility index (Phi) is 5.49. The molecule has 30 heavy (non-hydrogen) atoms. The second-order valence-corrected chi connectivity index (χ2v) is 7.54. The first-order chi connectivity index (χ1) is 14.4. The maximum Gasteiger partial charge on any atom is 0.416 e. The number of ether oxygens (including phenoxy) is 2. The van der Waals surface area contributed by atoms with E-state index in [-0.39, 0.29) is 18.4 Å². The van der Waals surface area contributed by atoms with Gasteiger partial charge < -0.3 is 19.7 Å². The Bertz CT molecular complexity index is 928. The van der Waals surface area contributed by atoms with Crippen molar-refractivity contribution in [2.75, 3.05) is 31.7 Å². The van der Waals surface area contributed by atoms with Gasteiger partial charge >= 0.3 is 6.18 Å². The van der Waals surface area contributed by atoms with Crippen molar-refractivity contribution in [3.8, 4) is 11.5 Å². The molecule has 160 valence electrons. The zero-order valence-corrected chi connectivity index (χ0v) is 16.5. The summed E-state index contributed by atoms with van der Waals surface area (Å²) in [6.45, 7) is 1.03. The number of nitrogens with zero attached hydrogens (tertiary/aromatic N) is 1. The third-order valence-corrected chi connectivity index (χ3v) is 5.45. The number of benzene rings is 2. The standard InChI is InChI=1S/C22H23F3N2O3/c1-29-17-7-8-20-18(12-17)27(10-9-26-21(28)14-5-6-14)19(13-30-20)15-3-2-4-16(11-15)22(23,24)25/h2-4,7-8,11-12,14,19H,5-6,9-10,13H2,1H3,(H,26,28). The van der Waals surface area contributed by atoms with Crippen molar-refractivity contribution in [3.63, 3.8) is 0 Å². The second-order valence-electron chi connectivity index (χ2n) is 7.54. The van der Waals surface area contributed by atoms with Gasteiger partial charge in [-0.15, -0.1) is 0 Å². The second kappa shape index (κ2) is 8.08. The fourth-order valence-electron chi connectivity index (χ4n) is 3.66. The molecule has 1 amide bonds. The molecular weight excluding hydrogens is 397 g/mol. The van der Waals surface area contributed by atoms with Crippen LogP contribution in [-0.2, 0) is 11.0 Å². The van der Waals surface area contributed by atoms with Gasteiger partial charge in [0.1, 0.15) is 18.1 Å². The first-order valence-electron chi connectivity index (χ1n) is 9.89. The number of fused-ring (bicyclic) bond motifs is 1. The molecule has 1 aliphatic carbocycles. The van der Waals surface area contributed by atoms with Gasteiger partial charge in [-0.25, -0.2) is 0 Å². The summed E-state index contributed by atoms with van der Waals surface area (Å²) < 4.78 is 50.9. The molecule has 1 atom stereocenters. The van der Waals surface area contributed by atoms with Crippen LogP contribution < -0.4 is 19.7 Å². The van der Waals surface area contributed by atoms with Gasteiger partial charge in [0, 0.05) is 25.1 Å². The summed E-state index contributed by atoms with van der Waals surface area (Å²) in [5, 5.41) is 2.93. The lowest BCUT2D eigenvalue weighted by atomic mass is 10.0. The molecule has 2 aliphatic rings. The normalized spacial score (nSPS) is 18.4. The van der Waals surface area contributed by atoms with Crippen molar-refractivity contribution in [1.29, 1.82) is 0 Å². The summed E-state index contributed by atoms with van der Waals surface area (Å²) in [4.78, 5) is 14.0. The fraction of sp³-hybridized carbons (Fsp3) is 0.409. The Morgan fingerprint density at radius 1 is 1.23 bits per heavy atom. The quantitative estimate of drug-likeness (QED) is 0.762. The number of nitrogens with one attached hydrogen (secondary N) is 1. The number of amides is 1. The summed E-state index contributed by atoms with van der Waals surface area (Å²) >= 11 is 0. The van der Waals surface area contributed by atoms with Crippen LogP contribution in [0.3, 0.4) is 0 Å². The van der Waals surface area contributed by atoms with Crippen LogP contribution in [0, 0.1) is 5.92 Å². The molecule has 1 unspecified atom stereocenters. The number of carbonyl (C=O) groups excluding carboxylic acids is 1. The molecule has 0 radical (unpaired) electrons. The van der Waals surface area contributed by atoms with Gasteiger partial charge in [0.05, 0.1) is 24.4 Å². The molecule has 1 saturated carbocycles. The Morgan fingerprint density at radius 2 is 2.03 bits per heavy atom. The Hall–Kier alpha value is -2.90. The molecule has 1 fully saturated rings. The number of methoxy groups -OCH3 is 1. The van der Waals surface area contributed by atoms with Gasteiger partial charge in [-0.1, -0.05) is 12.1 Å². The number of hydrogen-bond acceptors (Lipinski definition) is 4. The molecule has 0 saturated heterocycles. The van der Waals surface area contributed by atoms with Crippen molar-refractivity contribution >= 4 is 11.6 Å². The van der Waals surface area contributed by atoms with Crippen LogP contribution in [0.2, 0.25) is 0 Å². The van der Waals surface area contributed by atoms with Crippen LogP contribution in [0.5, 0.6) is 11.5 Å². The van der Waals surface area contributed by atoms with E-state index in [4.69, 9.17) is 9.47 Å². The number of hydrogen-bond donors (Lipinski definition) is 1. The van der Waals surface area contributed by atoms with Gasteiger partial charge in [-0.2, -0.15) is 13.2 Å². The highest BCUT2D eigenvalue weighted by Crippen LogP contribution is 2.42. The molecule has 1 N–H and O–H groups in total. The molecule has 2 aromatic carbocycles. The van der Waals surface area contributed by atoms with E-state index < -0.39 is 17.8 Å². The van der Waals surface area contributed by atoms with E-state index in [1.165, 1.54) is 6.07 Å². The highest BCUT2D eigenvalue weighted by molar-refractivity contribution is 5.80. The van der Waals surface area contributed by atoms with Crippen molar-refractivity contribution in [2.24, 2.45) is 5.92 Å². The average Bonchev–Trinajstić information content (AvgIpc) is 3.58. The fourth-order valence-corrected chi connectivity index (χ4v) is 3.66. The molecule has 5 nitrogen and oxygen atoms in total. The van der Waals surface area contributed by atoms with Crippen LogP contribution in [0.4, 0.5) is 18.9 Å².